The summed E-state index contributed by atoms with van der Waals surface area (Å²) in [6.45, 7) is 7.98. The van der Waals surface area contributed by atoms with Crippen LogP contribution >= 0.6 is 0 Å². The minimum absolute atomic E-state index is 0.00381. The van der Waals surface area contributed by atoms with Crippen LogP contribution in [0.4, 0.5) is 11.5 Å². The number of anilines is 2. The molecule has 2 aromatic heterocycles. The molecule has 2 atom stereocenters. The van der Waals surface area contributed by atoms with E-state index >= 15 is 0 Å². The maximum Gasteiger partial charge on any atom is 0.272 e. The number of nitrogens with zero attached hydrogens (tertiary/aromatic N) is 4. The first-order chi connectivity index (χ1) is 17.4. The van der Waals surface area contributed by atoms with Crippen molar-refractivity contribution in [2.24, 2.45) is 0 Å². The Hall–Kier alpha value is -3.78. The third-order valence-electron chi connectivity index (χ3n) is 6.87. The summed E-state index contributed by atoms with van der Waals surface area (Å²) in [4.78, 5) is 37.9. The van der Waals surface area contributed by atoms with Crippen LogP contribution in [0.5, 0.6) is 0 Å². The Morgan fingerprint density at radius 3 is 2.44 bits per heavy atom. The average molecular weight is 486 g/mol. The number of hydrogen-bond donors (Lipinski definition) is 1. The summed E-state index contributed by atoms with van der Waals surface area (Å²) in [6.07, 6.45) is 4.35. The summed E-state index contributed by atoms with van der Waals surface area (Å²) in [5.74, 6) is 0.755. The summed E-state index contributed by atoms with van der Waals surface area (Å²) in [7, 11) is 0. The number of hydrogen-bond acceptors (Lipinski definition) is 6. The van der Waals surface area contributed by atoms with Crippen molar-refractivity contribution in [2.45, 2.75) is 39.3 Å². The Bertz CT molecular complexity index is 1250. The number of amides is 2. The molecule has 36 heavy (non-hydrogen) atoms. The molecule has 3 aromatic rings. The Kier molecular flexibility index (Phi) is 6.69. The van der Waals surface area contributed by atoms with Crippen LogP contribution < -0.4 is 10.2 Å². The minimum Gasteiger partial charge on any atom is -0.378 e. The molecule has 2 aliphatic rings. The number of rotatable bonds is 4. The molecule has 8 heteroatoms. The number of carbonyl (C=O) groups is 2. The fourth-order valence-electron chi connectivity index (χ4n) is 5.01. The predicted molar refractivity (Wildman–Crippen MR) is 139 cm³/mol. The molecule has 186 valence electrons. The molecule has 0 aliphatic carbocycles. The maximum absolute atomic E-state index is 12.8. The van der Waals surface area contributed by atoms with E-state index in [1.54, 1.807) is 24.1 Å². The lowest BCUT2D eigenvalue weighted by Gasteiger charge is -2.39. The number of benzene rings is 1. The summed E-state index contributed by atoms with van der Waals surface area (Å²) < 4.78 is 5.34. The van der Waals surface area contributed by atoms with Crippen molar-refractivity contribution >= 4 is 23.3 Å². The fourth-order valence-corrected chi connectivity index (χ4v) is 5.01. The zero-order valence-corrected chi connectivity index (χ0v) is 20.9. The Morgan fingerprint density at radius 2 is 1.78 bits per heavy atom. The average Bonchev–Trinajstić information content (AvgIpc) is 2.90. The number of nitrogens with one attached hydrogen (secondary N) is 1. The van der Waals surface area contributed by atoms with Gasteiger partial charge in [0.05, 0.1) is 19.3 Å². The first-order valence-electron chi connectivity index (χ1n) is 12.4. The molecule has 0 saturated carbocycles. The molecule has 1 fully saturated rings. The molecule has 0 spiro atoms. The number of ether oxygens (including phenoxy) is 1. The first kappa shape index (κ1) is 23.9. The van der Waals surface area contributed by atoms with E-state index in [0.29, 0.717) is 32.0 Å². The monoisotopic (exact) mass is 485 g/mol. The van der Waals surface area contributed by atoms with E-state index in [1.807, 2.05) is 48.4 Å². The lowest BCUT2D eigenvalue weighted by atomic mass is 9.89. The zero-order chi connectivity index (χ0) is 25.2. The quantitative estimate of drug-likeness (QED) is 0.595. The molecular formula is C28H31N5O3. The standard InChI is InChI=1S/C28H31N5O3/c1-18-4-9-27(30-16-18)31-25-14-19(2)33(20(3)34)26-8-6-21(15-23(25)26)22-5-7-24(29-17-22)28(35)32-10-12-36-13-11-32/h4-9,15-17,19,25H,10-14H2,1-3H3,(H,30,31)/t19-,25+/m0/s1. The maximum atomic E-state index is 12.8. The highest BCUT2D eigenvalue weighted by atomic mass is 16.5. The molecule has 2 amide bonds. The molecule has 2 aliphatic heterocycles. The molecule has 1 aromatic carbocycles. The predicted octanol–water partition coefficient (Wildman–Crippen LogP) is 4.22. The van der Waals surface area contributed by atoms with Gasteiger partial charge in [0.2, 0.25) is 5.91 Å². The highest BCUT2D eigenvalue weighted by Gasteiger charge is 2.33. The number of aryl methyl sites for hydroxylation is 1. The Balaban J connectivity index is 1.45. The molecular weight excluding hydrogens is 454 g/mol. The third kappa shape index (κ3) is 4.81. The molecule has 1 N–H and O–H groups in total. The third-order valence-corrected chi connectivity index (χ3v) is 6.87. The molecule has 1 saturated heterocycles. The van der Waals surface area contributed by atoms with Crippen LogP contribution in [0.15, 0.2) is 54.9 Å². The van der Waals surface area contributed by atoms with Gasteiger partial charge in [-0.05, 0) is 61.2 Å². The largest absolute Gasteiger partial charge is 0.378 e. The van der Waals surface area contributed by atoms with Crippen molar-refractivity contribution < 1.29 is 14.3 Å². The summed E-state index contributed by atoms with van der Waals surface area (Å²) in [6, 6.07) is 13.9. The molecule has 0 bridgehead atoms. The van der Waals surface area contributed by atoms with Crippen LogP contribution in [-0.2, 0) is 9.53 Å². The van der Waals surface area contributed by atoms with Gasteiger partial charge in [0, 0.05) is 49.7 Å². The van der Waals surface area contributed by atoms with E-state index in [1.165, 1.54) is 0 Å². The van der Waals surface area contributed by atoms with Gasteiger partial charge in [-0.25, -0.2) is 4.98 Å². The van der Waals surface area contributed by atoms with E-state index in [0.717, 1.165) is 40.2 Å². The van der Waals surface area contributed by atoms with E-state index < -0.39 is 0 Å². The van der Waals surface area contributed by atoms with Crippen LogP contribution in [0.3, 0.4) is 0 Å². The number of morpholine rings is 1. The number of pyridine rings is 2. The summed E-state index contributed by atoms with van der Waals surface area (Å²) in [5, 5.41) is 3.57. The topological polar surface area (TPSA) is 87.7 Å². The van der Waals surface area contributed by atoms with Gasteiger partial charge in [0.15, 0.2) is 0 Å². The Labute approximate surface area is 211 Å². The van der Waals surface area contributed by atoms with Gasteiger partial charge in [-0.2, -0.15) is 0 Å². The van der Waals surface area contributed by atoms with Gasteiger partial charge < -0.3 is 19.9 Å². The summed E-state index contributed by atoms with van der Waals surface area (Å²) >= 11 is 0. The van der Waals surface area contributed by atoms with Crippen LogP contribution in [-0.4, -0.2) is 59.0 Å². The van der Waals surface area contributed by atoms with Gasteiger partial charge >= 0.3 is 0 Å². The number of fused-ring (bicyclic) bond motifs is 1. The van der Waals surface area contributed by atoms with Crippen LogP contribution in [0.25, 0.3) is 11.1 Å². The van der Waals surface area contributed by atoms with Crippen molar-refractivity contribution in [1.82, 2.24) is 14.9 Å². The highest BCUT2D eigenvalue weighted by molar-refractivity contribution is 5.95. The fraction of sp³-hybridized carbons (Fsp3) is 0.357. The van der Waals surface area contributed by atoms with E-state index in [9.17, 15) is 9.59 Å². The van der Waals surface area contributed by atoms with Crippen molar-refractivity contribution in [1.29, 1.82) is 0 Å². The smallest absolute Gasteiger partial charge is 0.272 e. The second-order valence-corrected chi connectivity index (χ2v) is 9.50. The number of aromatic nitrogens is 2. The van der Waals surface area contributed by atoms with Gasteiger partial charge in [0.25, 0.3) is 5.91 Å². The molecule has 0 radical (unpaired) electrons. The van der Waals surface area contributed by atoms with E-state index in [2.05, 4.69) is 28.3 Å². The lowest BCUT2D eigenvalue weighted by Crippen LogP contribution is -2.43. The van der Waals surface area contributed by atoms with Crippen molar-refractivity contribution in [2.75, 3.05) is 36.5 Å². The van der Waals surface area contributed by atoms with Crippen molar-refractivity contribution in [3.05, 3.63) is 71.7 Å². The number of carbonyl (C=O) groups excluding carboxylic acids is 2. The lowest BCUT2D eigenvalue weighted by molar-refractivity contribution is -0.117. The second-order valence-electron chi connectivity index (χ2n) is 9.50. The SMILES string of the molecule is CC(=O)N1c2ccc(-c3ccc(C(=O)N4CCOCC4)nc3)cc2[C@H](Nc2ccc(C)cn2)C[C@@H]1C. The minimum atomic E-state index is -0.0729. The van der Waals surface area contributed by atoms with Gasteiger partial charge in [-0.3, -0.25) is 14.6 Å². The van der Waals surface area contributed by atoms with E-state index in [4.69, 9.17) is 4.74 Å². The molecule has 4 heterocycles. The van der Waals surface area contributed by atoms with Gasteiger partial charge in [-0.1, -0.05) is 18.2 Å². The van der Waals surface area contributed by atoms with Gasteiger partial charge in [-0.15, -0.1) is 0 Å². The zero-order valence-electron chi connectivity index (χ0n) is 20.9. The van der Waals surface area contributed by atoms with Gasteiger partial charge in [0.1, 0.15) is 11.5 Å². The Morgan fingerprint density at radius 1 is 1.00 bits per heavy atom. The van der Waals surface area contributed by atoms with Crippen LogP contribution in [0.1, 0.15) is 47.9 Å². The van der Waals surface area contributed by atoms with Crippen molar-refractivity contribution in [3.8, 4) is 11.1 Å². The second kappa shape index (κ2) is 10.1. The normalized spacial score (nSPS) is 19.5. The van der Waals surface area contributed by atoms with Crippen LogP contribution in [0.2, 0.25) is 0 Å². The summed E-state index contributed by atoms with van der Waals surface area (Å²) in [5.41, 5.74) is 5.37. The first-order valence-corrected chi connectivity index (χ1v) is 12.4. The highest BCUT2D eigenvalue weighted by Crippen LogP contribution is 2.41. The molecule has 5 rings (SSSR count). The van der Waals surface area contributed by atoms with Crippen LogP contribution in [0, 0.1) is 6.92 Å². The van der Waals surface area contributed by atoms with E-state index in [-0.39, 0.29) is 23.9 Å². The van der Waals surface area contributed by atoms with Crippen molar-refractivity contribution in [3.63, 3.8) is 0 Å². The molecule has 0 unspecified atom stereocenters. The molecule has 8 nitrogen and oxygen atoms in total.